The molecule has 8 heteroatoms. The van der Waals surface area contributed by atoms with Gasteiger partial charge in [-0.3, -0.25) is 9.89 Å². The van der Waals surface area contributed by atoms with E-state index >= 15 is 0 Å². The molecule has 0 aromatic carbocycles. The van der Waals surface area contributed by atoms with Gasteiger partial charge in [0.05, 0.1) is 0 Å². The number of aromatic nitrogens is 3. The Kier molecular flexibility index (Phi) is 3.38. The molecule has 3 N–H and O–H groups in total. The second-order valence-corrected chi connectivity index (χ2v) is 4.11. The zero-order chi connectivity index (χ0) is 13.1. The number of carbonyl (C=O) groups is 2. The zero-order valence-electron chi connectivity index (χ0n) is 8.85. The third kappa shape index (κ3) is 2.54. The molecule has 7 nitrogen and oxygen atoms in total. The van der Waals surface area contributed by atoms with Crippen molar-refractivity contribution in [3.05, 3.63) is 40.3 Å². The monoisotopic (exact) mass is 310 g/mol. The molecular formula is C10H7BrN4O3. The van der Waals surface area contributed by atoms with E-state index < -0.39 is 11.9 Å². The van der Waals surface area contributed by atoms with Crippen molar-refractivity contribution in [1.29, 1.82) is 0 Å². The number of carbonyl (C=O) groups excluding carboxylic acids is 1. The molecule has 0 saturated heterocycles. The van der Waals surface area contributed by atoms with Crippen molar-refractivity contribution in [2.24, 2.45) is 0 Å². The fraction of sp³-hybridized carbons (Fsp3) is 0. The van der Waals surface area contributed by atoms with E-state index in [0.717, 1.165) is 0 Å². The molecule has 1 amide bonds. The summed E-state index contributed by atoms with van der Waals surface area (Å²) in [7, 11) is 0. The van der Waals surface area contributed by atoms with Gasteiger partial charge in [-0.2, -0.15) is 5.10 Å². The molecule has 92 valence electrons. The second-order valence-electron chi connectivity index (χ2n) is 3.26. The predicted molar refractivity (Wildman–Crippen MR) is 65.4 cm³/mol. The van der Waals surface area contributed by atoms with Gasteiger partial charge in [0.1, 0.15) is 11.4 Å². The van der Waals surface area contributed by atoms with Crippen LogP contribution in [0.2, 0.25) is 0 Å². The largest absolute Gasteiger partial charge is 0.477 e. The summed E-state index contributed by atoms with van der Waals surface area (Å²) in [6.45, 7) is 0. The Morgan fingerprint density at radius 2 is 2.22 bits per heavy atom. The first-order chi connectivity index (χ1) is 8.58. The Hall–Kier alpha value is -2.22. The van der Waals surface area contributed by atoms with Crippen molar-refractivity contribution in [3.63, 3.8) is 0 Å². The highest BCUT2D eigenvalue weighted by molar-refractivity contribution is 9.10. The van der Waals surface area contributed by atoms with E-state index in [4.69, 9.17) is 5.11 Å². The van der Waals surface area contributed by atoms with Gasteiger partial charge in [0.2, 0.25) is 0 Å². The lowest BCUT2D eigenvalue weighted by atomic mass is 10.3. The SMILES string of the molecule is O=C(O)c1cc(NC(=O)c2ncccc2Br)n[nH]1. The minimum Gasteiger partial charge on any atom is -0.477 e. The number of pyridine rings is 1. The number of anilines is 1. The molecule has 0 saturated carbocycles. The summed E-state index contributed by atoms with van der Waals surface area (Å²) >= 11 is 3.19. The quantitative estimate of drug-likeness (QED) is 0.796. The first-order valence-corrected chi connectivity index (χ1v) is 5.58. The van der Waals surface area contributed by atoms with E-state index in [1.807, 2.05) is 0 Å². The molecule has 0 aliphatic heterocycles. The van der Waals surface area contributed by atoms with Gasteiger partial charge >= 0.3 is 5.97 Å². The van der Waals surface area contributed by atoms with Crippen LogP contribution < -0.4 is 5.32 Å². The number of nitrogens with zero attached hydrogens (tertiary/aromatic N) is 2. The standard InChI is InChI=1S/C10H7BrN4O3/c11-5-2-1-3-12-8(5)9(16)13-7-4-6(10(17)18)14-15-7/h1-4H,(H,17,18)(H2,13,14,15,16). The van der Waals surface area contributed by atoms with Gasteiger partial charge in [0, 0.05) is 16.7 Å². The van der Waals surface area contributed by atoms with Crippen molar-refractivity contribution >= 4 is 33.6 Å². The molecule has 2 aromatic heterocycles. The number of H-pyrrole nitrogens is 1. The highest BCUT2D eigenvalue weighted by Gasteiger charge is 2.14. The van der Waals surface area contributed by atoms with Crippen molar-refractivity contribution in [3.8, 4) is 0 Å². The molecule has 2 heterocycles. The first kappa shape index (κ1) is 12.2. The number of halogens is 1. The highest BCUT2D eigenvalue weighted by Crippen LogP contribution is 2.15. The average Bonchev–Trinajstić information content (AvgIpc) is 2.78. The smallest absolute Gasteiger partial charge is 0.353 e. The van der Waals surface area contributed by atoms with E-state index in [2.05, 4.69) is 36.4 Å². The van der Waals surface area contributed by atoms with Gasteiger partial charge in [0.25, 0.3) is 5.91 Å². The maximum atomic E-state index is 11.8. The van der Waals surface area contributed by atoms with Crippen LogP contribution in [-0.4, -0.2) is 32.2 Å². The Morgan fingerprint density at radius 3 is 2.83 bits per heavy atom. The molecule has 0 unspecified atom stereocenters. The van der Waals surface area contributed by atoms with Crippen LogP contribution in [0.4, 0.5) is 5.82 Å². The molecule has 0 fully saturated rings. The molecule has 0 aliphatic rings. The van der Waals surface area contributed by atoms with E-state index in [9.17, 15) is 9.59 Å². The van der Waals surface area contributed by atoms with Gasteiger partial charge < -0.3 is 10.4 Å². The van der Waals surface area contributed by atoms with Gasteiger partial charge in [-0.15, -0.1) is 0 Å². The van der Waals surface area contributed by atoms with Gasteiger partial charge in [0.15, 0.2) is 5.82 Å². The van der Waals surface area contributed by atoms with Crippen LogP contribution in [0, 0.1) is 0 Å². The minimum absolute atomic E-state index is 0.106. The molecule has 0 radical (unpaired) electrons. The summed E-state index contributed by atoms with van der Waals surface area (Å²) in [5.41, 5.74) is 0.0859. The van der Waals surface area contributed by atoms with E-state index in [0.29, 0.717) is 4.47 Å². The summed E-state index contributed by atoms with van der Waals surface area (Å²) in [4.78, 5) is 26.3. The molecule has 0 spiro atoms. The number of amides is 1. The van der Waals surface area contributed by atoms with Crippen LogP contribution in [0.1, 0.15) is 21.0 Å². The number of carboxylic acids is 1. The summed E-state index contributed by atoms with van der Waals surface area (Å²) < 4.78 is 0.538. The van der Waals surface area contributed by atoms with Crippen LogP contribution >= 0.6 is 15.9 Å². The van der Waals surface area contributed by atoms with Crippen LogP contribution in [0.25, 0.3) is 0 Å². The maximum Gasteiger partial charge on any atom is 0.353 e. The van der Waals surface area contributed by atoms with Gasteiger partial charge in [-0.1, -0.05) is 0 Å². The number of aromatic carboxylic acids is 1. The fourth-order valence-electron chi connectivity index (χ4n) is 1.22. The number of nitrogens with one attached hydrogen (secondary N) is 2. The molecule has 2 aromatic rings. The normalized spacial score (nSPS) is 10.1. The second kappa shape index (κ2) is 4.96. The average molecular weight is 311 g/mol. The van der Waals surface area contributed by atoms with Crippen LogP contribution in [0.15, 0.2) is 28.9 Å². The molecular weight excluding hydrogens is 304 g/mol. The topological polar surface area (TPSA) is 108 Å². The molecule has 18 heavy (non-hydrogen) atoms. The predicted octanol–water partition coefficient (Wildman–Crippen LogP) is 1.52. The van der Waals surface area contributed by atoms with E-state index in [-0.39, 0.29) is 17.2 Å². The number of hydrogen-bond acceptors (Lipinski definition) is 4. The lowest BCUT2D eigenvalue weighted by Gasteiger charge is -2.02. The van der Waals surface area contributed by atoms with Crippen molar-refractivity contribution in [2.45, 2.75) is 0 Å². The molecule has 0 atom stereocenters. The Balaban J connectivity index is 2.16. The molecule has 2 rings (SSSR count). The number of rotatable bonds is 3. The summed E-state index contributed by atoms with van der Waals surface area (Å²) in [5, 5.41) is 17.1. The van der Waals surface area contributed by atoms with Crippen molar-refractivity contribution in [2.75, 3.05) is 5.32 Å². The Morgan fingerprint density at radius 1 is 1.44 bits per heavy atom. The molecule has 0 aliphatic carbocycles. The maximum absolute atomic E-state index is 11.8. The lowest BCUT2D eigenvalue weighted by molar-refractivity contribution is 0.0690. The Bertz CT molecular complexity index is 611. The zero-order valence-corrected chi connectivity index (χ0v) is 10.4. The van der Waals surface area contributed by atoms with Crippen molar-refractivity contribution in [1.82, 2.24) is 15.2 Å². The van der Waals surface area contributed by atoms with Crippen LogP contribution in [0.5, 0.6) is 0 Å². The number of hydrogen-bond donors (Lipinski definition) is 3. The van der Waals surface area contributed by atoms with Gasteiger partial charge in [-0.25, -0.2) is 9.78 Å². The third-order valence-electron chi connectivity index (χ3n) is 2.02. The van der Waals surface area contributed by atoms with Crippen molar-refractivity contribution < 1.29 is 14.7 Å². The van der Waals surface area contributed by atoms with E-state index in [1.54, 1.807) is 12.1 Å². The summed E-state index contributed by atoms with van der Waals surface area (Å²) in [5.74, 6) is -1.51. The first-order valence-electron chi connectivity index (χ1n) is 4.78. The number of aromatic amines is 1. The Labute approximate surface area is 109 Å². The summed E-state index contributed by atoms with van der Waals surface area (Å²) in [6.07, 6.45) is 1.48. The highest BCUT2D eigenvalue weighted by atomic mass is 79.9. The minimum atomic E-state index is -1.15. The fourth-order valence-corrected chi connectivity index (χ4v) is 1.66. The summed E-state index contributed by atoms with van der Waals surface area (Å²) in [6, 6.07) is 4.57. The van der Waals surface area contributed by atoms with Gasteiger partial charge in [-0.05, 0) is 28.1 Å². The molecule has 0 bridgehead atoms. The van der Waals surface area contributed by atoms with Crippen LogP contribution in [-0.2, 0) is 0 Å². The third-order valence-corrected chi connectivity index (χ3v) is 2.66. The van der Waals surface area contributed by atoms with E-state index in [1.165, 1.54) is 12.3 Å². The van der Waals surface area contributed by atoms with Crippen LogP contribution in [0.3, 0.4) is 0 Å². The number of carboxylic acid groups (broad SMARTS) is 1. The lowest BCUT2D eigenvalue weighted by Crippen LogP contribution is -2.14.